The first-order valence-corrected chi connectivity index (χ1v) is 9.37. The van der Waals surface area contributed by atoms with E-state index in [0.717, 1.165) is 37.7 Å². The monoisotopic (exact) mass is 334 g/mol. The lowest BCUT2D eigenvalue weighted by molar-refractivity contribution is -0.151. The molecule has 0 bridgehead atoms. The minimum atomic E-state index is -0.420. The Hall–Kier alpha value is -1.09. The number of hydrogen-bond acceptors (Lipinski definition) is 3. The van der Waals surface area contributed by atoms with Crippen molar-refractivity contribution in [1.29, 1.82) is 0 Å². The van der Waals surface area contributed by atoms with E-state index in [9.17, 15) is 9.90 Å². The van der Waals surface area contributed by atoms with Crippen LogP contribution in [0.1, 0.15) is 66.2 Å². The number of carbonyl (C=O) groups is 1. The van der Waals surface area contributed by atoms with Crippen LogP contribution in [0.3, 0.4) is 0 Å². The molecule has 5 atom stereocenters. The summed E-state index contributed by atoms with van der Waals surface area (Å²) >= 11 is 0. The molecule has 1 fully saturated rings. The highest BCUT2D eigenvalue weighted by Crippen LogP contribution is 2.59. The van der Waals surface area contributed by atoms with Crippen LogP contribution in [0.4, 0.5) is 0 Å². The molecule has 0 aliphatic heterocycles. The number of esters is 1. The van der Waals surface area contributed by atoms with Gasteiger partial charge in [0.25, 0.3) is 0 Å². The van der Waals surface area contributed by atoms with E-state index >= 15 is 0 Å². The largest absolute Gasteiger partial charge is 0.469 e. The molecule has 24 heavy (non-hydrogen) atoms. The van der Waals surface area contributed by atoms with Gasteiger partial charge in [0.15, 0.2) is 0 Å². The lowest BCUT2D eigenvalue weighted by Gasteiger charge is -2.45. The molecule has 0 saturated heterocycles. The van der Waals surface area contributed by atoms with Crippen molar-refractivity contribution in [3.63, 3.8) is 0 Å². The second-order valence-electron chi connectivity index (χ2n) is 8.20. The Labute approximate surface area is 147 Å². The molecule has 3 nitrogen and oxygen atoms in total. The predicted molar refractivity (Wildman–Crippen MR) is 97.5 cm³/mol. The molecular weight excluding hydrogens is 300 g/mol. The lowest BCUT2D eigenvalue weighted by Crippen LogP contribution is -2.43. The first kappa shape index (κ1) is 19.2. The molecule has 2 aliphatic carbocycles. The molecule has 2 aliphatic rings. The third-order valence-corrected chi connectivity index (χ3v) is 6.45. The average molecular weight is 335 g/mol. The summed E-state index contributed by atoms with van der Waals surface area (Å²) in [4.78, 5) is 12.4. The highest BCUT2D eigenvalue weighted by molar-refractivity contribution is 5.74. The van der Waals surface area contributed by atoms with Crippen molar-refractivity contribution in [2.24, 2.45) is 23.2 Å². The maximum atomic E-state index is 12.4. The fraction of sp³-hybridized carbons (Fsp3) is 0.762. The second kappa shape index (κ2) is 7.86. The van der Waals surface area contributed by atoms with Gasteiger partial charge in [-0.25, -0.2) is 0 Å². The number of rotatable bonds is 5. The van der Waals surface area contributed by atoms with Crippen molar-refractivity contribution >= 4 is 5.97 Å². The molecule has 1 spiro atoms. The highest BCUT2D eigenvalue weighted by atomic mass is 16.5. The molecular formula is C21H34O3. The van der Waals surface area contributed by atoms with E-state index in [4.69, 9.17) is 4.74 Å². The Morgan fingerprint density at radius 2 is 2.17 bits per heavy atom. The molecule has 0 heterocycles. The number of aliphatic hydroxyl groups excluding tert-OH is 1. The molecule has 0 aromatic carbocycles. The fourth-order valence-corrected chi connectivity index (χ4v) is 5.04. The van der Waals surface area contributed by atoms with Gasteiger partial charge in [0.2, 0.25) is 0 Å². The molecule has 0 amide bonds. The van der Waals surface area contributed by atoms with E-state index in [-0.39, 0.29) is 17.3 Å². The van der Waals surface area contributed by atoms with Crippen LogP contribution < -0.4 is 0 Å². The molecule has 2 rings (SSSR count). The van der Waals surface area contributed by atoms with E-state index in [0.29, 0.717) is 18.3 Å². The minimum absolute atomic E-state index is 0.0718. The Morgan fingerprint density at radius 1 is 1.46 bits per heavy atom. The third-order valence-electron chi connectivity index (χ3n) is 6.45. The van der Waals surface area contributed by atoms with Crippen molar-refractivity contribution in [1.82, 2.24) is 0 Å². The summed E-state index contributed by atoms with van der Waals surface area (Å²) in [6.45, 7) is 8.59. The number of methoxy groups -OCH3 is 1. The normalized spacial score (nSPS) is 33.9. The quantitative estimate of drug-likeness (QED) is 0.588. The summed E-state index contributed by atoms with van der Waals surface area (Å²) in [6.07, 6.45) is 9.83. The molecule has 1 saturated carbocycles. The van der Waals surface area contributed by atoms with Crippen LogP contribution in [0.5, 0.6) is 0 Å². The summed E-state index contributed by atoms with van der Waals surface area (Å²) in [5.41, 5.74) is 2.28. The zero-order valence-electron chi connectivity index (χ0n) is 16.0. The van der Waals surface area contributed by atoms with Gasteiger partial charge in [0, 0.05) is 0 Å². The van der Waals surface area contributed by atoms with Gasteiger partial charge in [0.1, 0.15) is 0 Å². The summed E-state index contributed by atoms with van der Waals surface area (Å²) in [7, 11) is 1.49. The number of ether oxygens (including phenoxy) is 1. The van der Waals surface area contributed by atoms with Gasteiger partial charge in [-0.15, -0.1) is 0 Å². The Morgan fingerprint density at radius 3 is 2.75 bits per heavy atom. The molecule has 3 heteroatoms. The van der Waals surface area contributed by atoms with Gasteiger partial charge in [-0.2, -0.15) is 0 Å². The van der Waals surface area contributed by atoms with Crippen molar-refractivity contribution in [2.75, 3.05) is 7.11 Å². The van der Waals surface area contributed by atoms with Crippen molar-refractivity contribution < 1.29 is 14.6 Å². The van der Waals surface area contributed by atoms with Crippen LogP contribution in [-0.2, 0) is 9.53 Å². The first-order chi connectivity index (χ1) is 11.3. The summed E-state index contributed by atoms with van der Waals surface area (Å²) < 4.78 is 5.11. The van der Waals surface area contributed by atoms with Gasteiger partial charge in [-0.1, -0.05) is 24.6 Å². The summed E-state index contributed by atoms with van der Waals surface area (Å²) in [5.74, 6) is 0.868. The van der Waals surface area contributed by atoms with E-state index in [1.807, 2.05) is 6.92 Å². The van der Waals surface area contributed by atoms with E-state index in [1.165, 1.54) is 12.7 Å². The van der Waals surface area contributed by atoms with Crippen LogP contribution >= 0.6 is 0 Å². The smallest absolute Gasteiger partial charge is 0.309 e. The van der Waals surface area contributed by atoms with Gasteiger partial charge in [-0.05, 0) is 82.1 Å². The van der Waals surface area contributed by atoms with Gasteiger partial charge in [0.05, 0.1) is 19.1 Å². The van der Waals surface area contributed by atoms with Crippen LogP contribution in [0.25, 0.3) is 0 Å². The molecule has 0 aromatic rings. The summed E-state index contributed by atoms with van der Waals surface area (Å²) in [5, 5.41) is 10.5. The van der Waals surface area contributed by atoms with Gasteiger partial charge >= 0.3 is 5.97 Å². The van der Waals surface area contributed by atoms with Crippen molar-refractivity contribution in [2.45, 2.75) is 72.3 Å². The van der Waals surface area contributed by atoms with E-state index < -0.39 is 6.10 Å². The molecule has 5 unspecified atom stereocenters. The zero-order chi connectivity index (χ0) is 17.9. The lowest BCUT2D eigenvalue weighted by atomic mass is 9.60. The Balaban J connectivity index is 2.23. The topological polar surface area (TPSA) is 46.5 Å². The fourth-order valence-electron chi connectivity index (χ4n) is 5.04. The average Bonchev–Trinajstić information content (AvgIpc) is 2.89. The second-order valence-corrected chi connectivity index (χ2v) is 8.20. The molecule has 0 aromatic heterocycles. The van der Waals surface area contributed by atoms with E-state index in [1.54, 1.807) is 0 Å². The maximum absolute atomic E-state index is 12.4. The maximum Gasteiger partial charge on any atom is 0.309 e. The van der Waals surface area contributed by atoms with Crippen molar-refractivity contribution in [3.05, 3.63) is 23.3 Å². The number of hydrogen-bond donors (Lipinski definition) is 1. The van der Waals surface area contributed by atoms with Crippen LogP contribution in [0, 0.1) is 23.2 Å². The zero-order valence-corrected chi connectivity index (χ0v) is 16.0. The van der Waals surface area contributed by atoms with Gasteiger partial charge < -0.3 is 9.84 Å². The Kier molecular flexibility index (Phi) is 6.30. The van der Waals surface area contributed by atoms with Crippen LogP contribution in [0.2, 0.25) is 0 Å². The SMILES string of the molecule is COC(=O)C1CCC(C(C)CCC=C(C)C)C12CC=C(C)C(O)C2. The van der Waals surface area contributed by atoms with Gasteiger partial charge in [-0.3, -0.25) is 4.79 Å². The number of carbonyl (C=O) groups excluding carboxylic acids is 1. The number of aliphatic hydroxyl groups is 1. The third kappa shape index (κ3) is 3.77. The predicted octanol–water partition coefficient (Wildman–Crippen LogP) is 4.66. The van der Waals surface area contributed by atoms with Crippen molar-refractivity contribution in [3.8, 4) is 0 Å². The molecule has 0 radical (unpaired) electrons. The number of allylic oxidation sites excluding steroid dienone is 3. The van der Waals surface area contributed by atoms with Crippen LogP contribution in [-0.4, -0.2) is 24.3 Å². The molecule has 1 N–H and O–H groups in total. The van der Waals surface area contributed by atoms with Crippen LogP contribution in [0.15, 0.2) is 23.3 Å². The standard InChI is InChI=1S/C21H34O3/c1-14(2)7-6-8-15(3)17-9-10-18(20(23)24-5)21(17)12-11-16(4)19(22)13-21/h7,11,15,17-19,22H,6,8-10,12-13H2,1-5H3. The minimum Gasteiger partial charge on any atom is -0.469 e. The summed E-state index contributed by atoms with van der Waals surface area (Å²) in [6, 6.07) is 0. The highest BCUT2D eigenvalue weighted by Gasteiger charge is 2.55. The first-order valence-electron chi connectivity index (χ1n) is 9.37. The van der Waals surface area contributed by atoms with E-state index in [2.05, 4.69) is 32.9 Å². The Bertz CT molecular complexity index is 515. The molecule has 136 valence electrons.